The second-order valence-corrected chi connectivity index (χ2v) is 7.89. The van der Waals surface area contributed by atoms with Crippen molar-refractivity contribution in [2.24, 2.45) is 0 Å². The highest BCUT2D eigenvalue weighted by Crippen LogP contribution is 2.28. The number of nitriles is 1. The van der Waals surface area contributed by atoms with Crippen LogP contribution in [-0.4, -0.2) is 24.5 Å². The largest absolute Gasteiger partial charge is 0.382 e. The van der Waals surface area contributed by atoms with Crippen LogP contribution in [0.2, 0.25) is 5.02 Å². The number of nitrogen functional groups attached to an aromatic ring is 1. The third kappa shape index (κ3) is 3.78. The molecule has 0 aliphatic heterocycles. The number of nitrogens with two attached hydrogens (primary N) is 1. The standard InChI is InChI=1S/C22H17ClF2N8O/c1-9-15(25)7-28-8-16(9)33-21(32-18-14(24)5-4-13(23)17(18)22(33)34)10(2)29-20-12(6-26)19(27)30-11(3)31-20/h4-5,7-8,10H,1-3H3,(H3,27,29,30,31)/t10-/m0/s1. The van der Waals surface area contributed by atoms with Crippen LogP contribution in [0.15, 0.2) is 29.3 Å². The van der Waals surface area contributed by atoms with Gasteiger partial charge in [-0.1, -0.05) is 11.6 Å². The van der Waals surface area contributed by atoms with E-state index in [-0.39, 0.29) is 50.2 Å². The van der Waals surface area contributed by atoms with Crippen LogP contribution in [0.1, 0.15) is 35.7 Å². The molecule has 9 nitrogen and oxygen atoms in total. The highest BCUT2D eigenvalue weighted by Gasteiger charge is 2.24. The Hall–Kier alpha value is -4.17. The molecular formula is C22H17ClF2N8O. The van der Waals surface area contributed by atoms with Crippen molar-refractivity contribution in [3.8, 4) is 11.8 Å². The molecule has 34 heavy (non-hydrogen) atoms. The first-order valence-corrected chi connectivity index (χ1v) is 10.3. The maximum atomic E-state index is 14.7. The summed E-state index contributed by atoms with van der Waals surface area (Å²) in [6.45, 7) is 4.68. The first-order valence-electron chi connectivity index (χ1n) is 9.95. The lowest BCUT2D eigenvalue weighted by atomic mass is 10.1. The van der Waals surface area contributed by atoms with Gasteiger partial charge in [0.25, 0.3) is 5.56 Å². The van der Waals surface area contributed by atoms with E-state index in [1.807, 2.05) is 6.07 Å². The number of anilines is 2. The van der Waals surface area contributed by atoms with Crippen molar-refractivity contribution in [1.29, 1.82) is 5.26 Å². The van der Waals surface area contributed by atoms with Crippen LogP contribution in [0.3, 0.4) is 0 Å². The zero-order chi connectivity index (χ0) is 24.7. The van der Waals surface area contributed by atoms with Crippen LogP contribution < -0.4 is 16.6 Å². The Kier molecular flexibility index (Phi) is 5.85. The Bertz CT molecular complexity index is 1560. The Morgan fingerprint density at radius 1 is 1.18 bits per heavy atom. The molecule has 172 valence electrons. The van der Waals surface area contributed by atoms with E-state index in [1.54, 1.807) is 13.8 Å². The van der Waals surface area contributed by atoms with Gasteiger partial charge in [-0.3, -0.25) is 14.3 Å². The highest BCUT2D eigenvalue weighted by atomic mass is 35.5. The SMILES string of the molecule is Cc1nc(N)c(C#N)c(N[C@@H](C)c2nc3c(F)ccc(Cl)c3c(=O)n2-c2cncc(F)c2C)n1. The van der Waals surface area contributed by atoms with Gasteiger partial charge in [-0.25, -0.2) is 23.7 Å². The first-order chi connectivity index (χ1) is 16.1. The van der Waals surface area contributed by atoms with E-state index in [9.17, 15) is 18.8 Å². The molecule has 1 aromatic carbocycles. The fourth-order valence-electron chi connectivity index (χ4n) is 3.55. The number of pyridine rings is 1. The van der Waals surface area contributed by atoms with Gasteiger partial charge in [-0.15, -0.1) is 0 Å². The van der Waals surface area contributed by atoms with E-state index in [4.69, 9.17) is 17.3 Å². The smallest absolute Gasteiger partial charge is 0.267 e. The van der Waals surface area contributed by atoms with Crippen LogP contribution in [0, 0.1) is 36.8 Å². The Morgan fingerprint density at radius 2 is 1.91 bits per heavy atom. The van der Waals surface area contributed by atoms with Gasteiger partial charge >= 0.3 is 0 Å². The topological polar surface area (TPSA) is 135 Å². The molecule has 12 heteroatoms. The maximum Gasteiger partial charge on any atom is 0.267 e. The molecule has 0 bridgehead atoms. The van der Waals surface area contributed by atoms with Crippen LogP contribution in [0.25, 0.3) is 16.6 Å². The summed E-state index contributed by atoms with van der Waals surface area (Å²) in [5.41, 5.74) is 5.09. The van der Waals surface area contributed by atoms with Gasteiger partial charge in [0.2, 0.25) is 0 Å². The zero-order valence-corrected chi connectivity index (χ0v) is 18.9. The summed E-state index contributed by atoms with van der Waals surface area (Å²) < 4.78 is 30.1. The van der Waals surface area contributed by atoms with E-state index in [1.165, 1.54) is 19.2 Å². The lowest BCUT2D eigenvalue weighted by molar-refractivity contribution is 0.606. The molecule has 3 heterocycles. The minimum atomic E-state index is -0.834. The normalized spacial score (nSPS) is 11.9. The molecule has 3 N–H and O–H groups in total. The third-order valence-corrected chi connectivity index (χ3v) is 5.53. The van der Waals surface area contributed by atoms with Gasteiger partial charge in [0.05, 0.1) is 34.5 Å². The molecule has 3 aromatic heterocycles. The number of hydrogen-bond acceptors (Lipinski definition) is 8. The quantitative estimate of drug-likeness (QED) is 0.449. The highest BCUT2D eigenvalue weighted by molar-refractivity contribution is 6.35. The molecule has 0 aliphatic carbocycles. The lowest BCUT2D eigenvalue weighted by Crippen LogP contribution is -2.29. The number of nitrogens with zero attached hydrogens (tertiary/aromatic N) is 6. The molecule has 4 aromatic rings. The molecular weight excluding hydrogens is 466 g/mol. The van der Waals surface area contributed by atoms with E-state index in [0.29, 0.717) is 5.82 Å². The number of fused-ring (bicyclic) bond motifs is 1. The number of halogens is 3. The molecule has 0 saturated carbocycles. The summed E-state index contributed by atoms with van der Waals surface area (Å²) >= 11 is 6.21. The Labute approximate surface area is 196 Å². The minimum Gasteiger partial charge on any atom is -0.382 e. The summed E-state index contributed by atoms with van der Waals surface area (Å²) in [5.74, 6) is -1.03. The average molecular weight is 483 g/mol. The van der Waals surface area contributed by atoms with E-state index >= 15 is 0 Å². The number of benzene rings is 1. The molecule has 4 rings (SSSR count). The monoisotopic (exact) mass is 482 g/mol. The number of rotatable bonds is 4. The maximum absolute atomic E-state index is 14.7. The Morgan fingerprint density at radius 3 is 2.62 bits per heavy atom. The van der Waals surface area contributed by atoms with Crippen molar-refractivity contribution in [2.45, 2.75) is 26.8 Å². The summed E-state index contributed by atoms with van der Waals surface area (Å²) in [6.07, 6.45) is 2.31. The molecule has 0 fully saturated rings. The summed E-state index contributed by atoms with van der Waals surface area (Å²) in [7, 11) is 0. The van der Waals surface area contributed by atoms with E-state index < -0.39 is 23.2 Å². The molecule has 0 saturated heterocycles. The molecule has 0 radical (unpaired) electrons. The fourth-order valence-corrected chi connectivity index (χ4v) is 3.78. The zero-order valence-electron chi connectivity index (χ0n) is 18.2. The molecule has 0 unspecified atom stereocenters. The molecule has 0 spiro atoms. The molecule has 0 aliphatic rings. The number of nitrogens with one attached hydrogen (secondary N) is 1. The van der Waals surface area contributed by atoms with Gasteiger partial charge in [-0.05, 0) is 32.9 Å². The van der Waals surface area contributed by atoms with Gasteiger partial charge in [0.15, 0.2) is 5.82 Å². The summed E-state index contributed by atoms with van der Waals surface area (Å²) in [6, 6.07) is 3.44. The van der Waals surface area contributed by atoms with Crippen molar-refractivity contribution >= 4 is 34.1 Å². The average Bonchev–Trinajstić information content (AvgIpc) is 2.78. The number of aromatic nitrogens is 5. The van der Waals surface area contributed by atoms with Crippen molar-refractivity contribution in [3.63, 3.8) is 0 Å². The van der Waals surface area contributed by atoms with Crippen molar-refractivity contribution < 1.29 is 8.78 Å². The predicted molar refractivity (Wildman–Crippen MR) is 123 cm³/mol. The van der Waals surface area contributed by atoms with Crippen LogP contribution in [-0.2, 0) is 0 Å². The van der Waals surface area contributed by atoms with Crippen LogP contribution in [0.4, 0.5) is 20.4 Å². The second kappa shape index (κ2) is 8.64. The van der Waals surface area contributed by atoms with Crippen LogP contribution in [0.5, 0.6) is 0 Å². The second-order valence-electron chi connectivity index (χ2n) is 7.49. The van der Waals surface area contributed by atoms with E-state index in [0.717, 1.165) is 16.8 Å². The van der Waals surface area contributed by atoms with Crippen molar-refractivity contribution in [2.75, 3.05) is 11.1 Å². The number of hydrogen-bond donors (Lipinski definition) is 2. The van der Waals surface area contributed by atoms with Crippen LogP contribution >= 0.6 is 11.6 Å². The van der Waals surface area contributed by atoms with Crippen molar-refractivity contribution in [3.05, 3.63) is 74.3 Å². The predicted octanol–water partition coefficient (Wildman–Crippen LogP) is 3.75. The lowest BCUT2D eigenvalue weighted by Gasteiger charge is -2.22. The van der Waals surface area contributed by atoms with Gasteiger partial charge in [0, 0.05) is 5.56 Å². The molecule has 1 atom stereocenters. The van der Waals surface area contributed by atoms with E-state index in [2.05, 4.69) is 25.3 Å². The van der Waals surface area contributed by atoms with Crippen molar-refractivity contribution in [1.82, 2.24) is 24.5 Å². The summed E-state index contributed by atoms with van der Waals surface area (Å²) in [5, 5.41) is 12.3. The Balaban J connectivity index is 2.02. The minimum absolute atomic E-state index is 0.00731. The molecule has 0 amide bonds. The van der Waals surface area contributed by atoms with Gasteiger partial charge in [0.1, 0.15) is 46.3 Å². The third-order valence-electron chi connectivity index (χ3n) is 5.22. The fraction of sp³-hybridized carbons (Fsp3) is 0.182. The van der Waals surface area contributed by atoms with Gasteiger partial charge in [-0.2, -0.15) is 5.26 Å². The first kappa shape index (κ1) is 23.0. The number of aryl methyl sites for hydroxylation is 1. The van der Waals surface area contributed by atoms with Gasteiger partial charge < -0.3 is 11.1 Å². The summed E-state index contributed by atoms with van der Waals surface area (Å²) in [4.78, 5) is 30.0.